The van der Waals surface area contributed by atoms with Gasteiger partial charge in [0, 0.05) is 49.0 Å². The Kier molecular flexibility index (Phi) is 6.17. The molecule has 1 fully saturated rings. The number of anilines is 1. The second-order valence-electron chi connectivity index (χ2n) is 7.56. The number of nitrogens with zero attached hydrogens (tertiary/aromatic N) is 2. The molecule has 0 amide bonds. The number of piperazine rings is 1. The van der Waals surface area contributed by atoms with Crippen LogP contribution in [-0.4, -0.2) is 49.2 Å². The molecule has 148 valence electrons. The van der Waals surface area contributed by atoms with Crippen LogP contribution in [0.25, 0.3) is 10.9 Å². The van der Waals surface area contributed by atoms with Gasteiger partial charge in [0.25, 0.3) is 0 Å². The Hall–Kier alpha value is -2.46. The first-order chi connectivity index (χ1) is 13.8. The summed E-state index contributed by atoms with van der Waals surface area (Å²) in [6.45, 7) is 8.64. The number of benzene rings is 2. The van der Waals surface area contributed by atoms with Gasteiger partial charge in [-0.15, -0.1) is 0 Å². The van der Waals surface area contributed by atoms with E-state index in [1.54, 1.807) is 0 Å². The van der Waals surface area contributed by atoms with Crippen LogP contribution in [0.2, 0.25) is 0 Å². The standard InChI is InChI=1S/C24H31N3O/c1-2-20-8-3-4-11-24(20)28-19-6-5-14-26-15-17-27(18-16-26)23-10-7-9-22-21(23)12-13-25-22/h3-4,7-13,25H,2,5-6,14-19H2,1H3. The van der Waals surface area contributed by atoms with Gasteiger partial charge in [0.2, 0.25) is 0 Å². The molecule has 3 aromatic rings. The molecule has 2 heterocycles. The van der Waals surface area contributed by atoms with E-state index in [1.807, 2.05) is 6.20 Å². The Labute approximate surface area is 168 Å². The van der Waals surface area contributed by atoms with E-state index >= 15 is 0 Å². The van der Waals surface area contributed by atoms with Gasteiger partial charge in [0.1, 0.15) is 5.75 Å². The number of hydrogen-bond acceptors (Lipinski definition) is 3. The Morgan fingerprint density at radius 2 is 1.79 bits per heavy atom. The van der Waals surface area contributed by atoms with Gasteiger partial charge in [0.15, 0.2) is 0 Å². The molecule has 0 saturated carbocycles. The minimum absolute atomic E-state index is 0.812. The molecule has 4 heteroatoms. The van der Waals surface area contributed by atoms with E-state index < -0.39 is 0 Å². The number of nitrogens with one attached hydrogen (secondary N) is 1. The summed E-state index contributed by atoms with van der Waals surface area (Å²) in [5.41, 5.74) is 3.89. The quantitative estimate of drug-likeness (QED) is 0.577. The second kappa shape index (κ2) is 9.16. The molecule has 0 radical (unpaired) electrons. The lowest BCUT2D eigenvalue weighted by Crippen LogP contribution is -2.46. The van der Waals surface area contributed by atoms with Crippen LogP contribution >= 0.6 is 0 Å². The van der Waals surface area contributed by atoms with Crippen LogP contribution in [0.3, 0.4) is 0 Å². The molecular formula is C24H31N3O. The molecule has 28 heavy (non-hydrogen) atoms. The number of para-hydroxylation sites is 1. The third-order valence-electron chi connectivity index (χ3n) is 5.76. The van der Waals surface area contributed by atoms with Crippen LogP contribution in [0, 0.1) is 0 Å². The van der Waals surface area contributed by atoms with E-state index in [2.05, 4.69) is 70.2 Å². The molecule has 1 saturated heterocycles. The number of H-pyrrole nitrogens is 1. The van der Waals surface area contributed by atoms with Crippen molar-refractivity contribution in [1.82, 2.24) is 9.88 Å². The van der Waals surface area contributed by atoms with Crippen molar-refractivity contribution in [2.75, 3.05) is 44.2 Å². The van der Waals surface area contributed by atoms with Gasteiger partial charge < -0.3 is 14.6 Å². The predicted octanol–water partition coefficient (Wildman–Crippen LogP) is 4.71. The molecular weight excluding hydrogens is 346 g/mol. The Morgan fingerprint density at radius 1 is 0.929 bits per heavy atom. The number of aromatic amines is 1. The molecule has 0 unspecified atom stereocenters. The normalized spacial score (nSPS) is 15.2. The monoisotopic (exact) mass is 377 g/mol. The van der Waals surface area contributed by atoms with Crippen LogP contribution in [-0.2, 0) is 6.42 Å². The third-order valence-corrected chi connectivity index (χ3v) is 5.76. The van der Waals surface area contributed by atoms with Crippen molar-refractivity contribution in [2.45, 2.75) is 26.2 Å². The van der Waals surface area contributed by atoms with Gasteiger partial charge >= 0.3 is 0 Å². The van der Waals surface area contributed by atoms with Crippen molar-refractivity contribution >= 4 is 16.6 Å². The topological polar surface area (TPSA) is 31.5 Å². The SMILES string of the molecule is CCc1ccccc1OCCCCN1CCN(c2cccc3[nH]ccc23)CC1. The number of rotatable bonds is 8. The number of unbranched alkanes of at least 4 members (excludes halogenated alkanes) is 1. The average Bonchev–Trinajstić information content (AvgIpc) is 3.23. The molecule has 2 aromatic carbocycles. The first-order valence-corrected chi connectivity index (χ1v) is 10.6. The average molecular weight is 378 g/mol. The van der Waals surface area contributed by atoms with E-state index in [4.69, 9.17) is 4.74 Å². The van der Waals surface area contributed by atoms with Crippen molar-refractivity contribution in [3.63, 3.8) is 0 Å². The van der Waals surface area contributed by atoms with Crippen LogP contribution in [0.4, 0.5) is 5.69 Å². The predicted molar refractivity (Wildman–Crippen MR) is 118 cm³/mol. The largest absolute Gasteiger partial charge is 0.493 e. The van der Waals surface area contributed by atoms with Crippen LogP contribution in [0.1, 0.15) is 25.3 Å². The van der Waals surface area contributed by atoms with Crippen LogP contribution in [0.15, 0.2) is 54.7 Å². The number of aromatic nitrogens is 1. The minimum atomic E-state index is 0.812. The number of ether oxygens (including phenoxy) is 1. The zero-order chi connectivity index (χ0) is 19.2. The van der Waals surface area contributed by atoms with Crippen molar-refractivity contribution in [3.05, 3.63) is 60.3 Å². The zero-order valence-corrected chi connectivity index (χ0v) is 16.9. The van der Waals surface area contributed by atoms with E-state index in [-0.39, 0.29) is 0 Å². The van der Waals surface area contributed by atoms with Gasteiger partial charge in [0.05, 0.1) is 6.61 Å². The van der Waals surface area contributed by atoms with Gasteiger partial charge in [-0.1, -0.05) is 31.2 Å². The van der Waals surface area contributed by atoms with E-state index in [0.717, 1.165) is 51.4 Å². The summed E-state index contributed by atoms with van der Waals surface area (Å²) in [7, 11) is 0. The number of hydrogen-bond donors (Lipinski definition) is 1. The molecule has 1 aliphatic rings. The molecule has 0 spiro atoms. The van der Waals surface area contributed by atoms with E-state index in [9.17, 15) is 0 Å². The molecule has 1 aromatic heterocycles. The first-order valence-electron chi connectivity index (χ1n) is 10.6. The Morgan fingerprint density at radius 3 is 2.64 bits per heavy atom. The van der Waals surface area contributed by atoms with Crippen LogP contribution in [0.5, 0.6) is 5.75 Å². The molecule has 1 aliphatic heterocycles. The third kappa shape index (κ3) is 4.33. The van der Waals surface area contributed by atoms with E-state index in [1.165, 1.54) is 35.1 Å². The highest BCUT2D eigenvalue weighted by atomic mass is 16.5. The molecule has 1 N–H and O–H groups in total. The molecule has 4 rings (SSSR count). The second-order valence-corrected chi connectivity index (χ2v) is 7.56. The van der Waals surface area contributed by atoms with Crippen molar-refractivity contribution in [3.8, 4) is 5.75 Å². The molecule has 0 aliphatic carbocycles. The summed E-state index contributed by atoms with van der Waals surface area (Å²) in [5.74, 6) is 1.05. The fraction of sp³-hybridized carbons (Fsp3) is 0.417. The molecule has 0 bridgehead atoms. The maximum atomic E-state index is 6.00. The molecule has 0 atom stereocenters. The first kappa shape index (κ1) is 18.9. The van der Waals surface area contributed by atoms with Gasteiger partial charge in [-0.3, -0.25) is 4.90 Å². The van der Waals surface area contributed by atoms with Crippen molar-refractivity contribution in [1.29, 1.82) is 0 Å². The lowest BCUT2D eigenvalue weighted by Gasteiger charge is -2.36. The fourth-order valence-electron chi connectivity index (χ4n) is 4.11. The van der Waals surface area contributed by atoms with E-state index in [0.29, 0.717) is 0 Å². The summed E-state index contributed by atoms with van der Waals surface area (Å²) in [4.78, 5) is 8.43. The van der Waals surface area contributed by atoms with Crippen molar-refractivity contribution < 1.29 is 4.74 Å². The highest BCUT2D eigenvalue weighted by Gasteiger charge is 2.18. The Bertz CT molecular complexity index is 880. The van der Waals surface area contributed by atoms with Crippen LogP contribution < -0.4 is 9.64 Å². The van der Waals surface area contributed by atoms with Gasteiger partial charge in [-0.05, 0) is 55.6 Å². The van der Waals surface area contributed by atoms with Gasteiger partial charge in [-0.25, -0.2) is 0 Å². The minimum Gasteiger partial charge on any atom is -0.493 e. The summed E-state index contributed by atoms with van der Waals surface area (Å²) in [6, 6.07) is 17.1. The summed E-state index contributed by atoms with van der Waals surface area (Å²) < 4.78 is 6.00. The summed E-state index contributed by atoms with van der Waals surface area (Å²) in [5, 5.41) is 1.33. The maximum absolute atomic E-state index is 6.00. The molecule has 4 nitrogen and oxygen atoms in total. The maximum Gasteiger partial charge on any atom is 0.122 e. The number of fused-ring (bicyclic) bond motifs is 1. The number of aryl methyl sites for hydroxylation is 1. The summed E-state index contributed by atoms with van der Waals surface area (Å²) in [6.07, 6.45) is 5.37. The smallest absolute Gasteiger partial charge is 0.122 e. The zero-order valence-electron chi connectivity index (χ0n) is 16.9. The lowest BCUT2D eigenvalue weighted by molar-refractivity contribution is 0.238. The summed E-state index contributed by atoms with van der Waals surface area (Å²) >= 11 is 0. The Balaban J connectivity index is 1.18. The lowest BCUT2D eigenvalue weighted by atomic mass is 10.1. The van der Waals surface area contributed by atoms with Gasteiger partial charge in [-0.2, -0.15) is 0 Å². The van der Waals surface area contributed by atoms with Crippen molar-refractivity contribution in [2.24, 2.45) is 0 Å². The highest BCUT2D eigenvalue weighted by Crippen LogP contribution is 2.27. The fourth-order valence-corrected chi connectivity index (χ4v) is 4.11. The highest BCUT2D eigenvalue weighted by molar-refractivity contribution is 5.92.